The molecule has 1 heterocycles. The number of likely N-dealkylation sites (N-methyl/N-ethyl adjacent to an activating group) is 1. The molecule has 23 heavy (non-hydrogen) atoms. The maximum Gasteiger partial charge on any atom is 0.208 e. The first kappa shape index (κ1) is 18.4. The summed E-state index contributed by atoms with van der Waals surface area (Å²) in [6.45, 7) is 5.62. The van der Waals surface area contributed by atoms with Gasteiger partial charge < -0.3 is 4.90 Å². The molecule has 1 saturated heterocycles. The average Bonchev–Trinajstić information content (AvgIpc) is 2.49. The van der Waals surface area contributed by atoms with E-state index in [1.807, 2.05) is 0 Å². The summed E-state index contributed by atoms with van der Waals surface area (Å²) in [6.07, 6.45) is 3.46. The van der Waals surface area contributed by atoms with Crippen LogP contribution in [-0.4, -0.2) is 63.2 Å². The van der Waals surface area contributed by atoms with Gasteiger partial charge in [-0.05, 0) is 32.4 Å². The Labute approximate surface area is 140 Å². The van der Waals surface area contributed by atoms with E-state index >= 15 is 0 Å². The number of nitrogens with zero attached hydrogens (tertiary/aromatic N) is 2. The molecule has 0 unspecified atom stereocenters. The Bertz CT molecular complexity index is 577. The van der Waals surface area contributed by atoms with E-state index in [2.05, 4.69) is 58.8 Å². The van der Waals surface area contributed by atoms with Crippen LogP contribution >= 0.6 is 0 Å². The van der Waals surface area contributed by atoms with Crippen LogP contribution in [0.2, 0.25) is 0 Å². The van der Waals surface area contributed by atoms with Crippen molar-refractivity contribution in [2.75, 3.05) is 32.9 Å². The van der Waals surface area contributed by atoms with Gasteiger partial charge in [-0.3, -0.25) is 4.90 Å². The van der Waals surface area contributed by atoms with Crippen LogP contribution in [0.3, 0.4) is 0 Å². The second-order valence-electron chi connectivity index (χ2n) is 6.63. The van der Waals surface area contributed by atoms with E-state index in [4.69, 9.17) is 0 Å². The number of benzene rings is 1. The number of likely N-dealkylation sites (tertiary alicyclic amines) is 1. The van der Waals surface area contributed by atoms with Crippen molar-refractivity contribution in [2.45, 2.75) is 38.4 Å². The van der Waals surface area contributed by atoms with Gasteiger partial charge in [0.2, 0.25) is 10.0 Å². The van der Waals surface area contributed by atoms with Crippen molar-refractivity contribution < 1.29 is 8.42 Å². The van der Waals surface area contributed by atoms with Gasteiger partial charge >= 0.3 is 0 Å². The van der Waals surface area contributed by atoms with Gasteiger partial charge in [-0.1, -0.05) is 30.3 Å². The summed E-state index contributed by atoms with van der Waals surface area (Å²) in [7, 11) is -0.998. The fourth-order valence-electron chi connectivity index (χ4n) is 3.24. The first-order valence-electron chi connectivity index (χ1n) is 8.28. The van der Waals surface area contributed by atoms with Crippen molar-refractivity contribution in [1.82, 2.24) is 14.5 Å². The minimum atomic E-state index is -3.09. The van der Waals surface area contributed by atoms with Crippen LogP contribution in [0.15, 0.2) is 30.3 Å². The number of nitrogens with one attached hydrogen (secondary N) is 1. The molecule has 0 radical (unpaired) electrons. The Hall–Kier alpha value is -0.950. The molecule has 0 bridgehead atoms. The molecule has 0 aromatic heterocycles. The van der Waals surface area contributed by atoms with E-state index in [0.717, 1.165) is 32.5 Å². The van der Waals surface area contributed by atoms with Crippen molar-refractivity contribution in [3.8, 4) is 0 Å². The minimum absolute atomic E-state index is 0.480. The Morgan fingerprint density at radius 2 is 2.00 bits per heavy atom. The molecule has 1 aliphatic rings. The lowest BCUT2D eigenvalue weighted by molar-refractivity contribution is 0.0814. The maximum atomic E-state index is 11.1. The third kappa shape index (κ3) is 6.22. The third-order valence-electron chi connectivity index (χ3n) is 4.67. The highest BCUT2D eigenvalue weighted by Crippen LogP contribution is 2.22. The fourth-order valence-corrected chi connectivity index (χ4v) is 3.70. The standard InChI is InChI=1S/C17H29N3O2S/c1-15-13-17(19(2)12-10-18-23(3,21)22)9-11-20(15)14-16-7-5-4-6-8-16/h4-8,15,17-18H,9-14H2,1-3H3/t15-,17-/m0/s1. The molecule has 0 saturated carbocycles. The lowest BCUT2D eigenvalue weighted by Crippen LogP contribution is -2.48. The Kier molecular flexibility index (Phi) is 6.59. The highest BCUT2D eigenvalue weighted by atomic mass is 32.2. The smallest absolute Gasteiger partial charge is 0.208 e. The Balaban J connectivity index is 1.78. The van der Waals surface area contributed by atoms with Crippen molar-refractivity contribution >= 4 is 10.0 Å². The summed E-state index contributed by atoms with van der Waals surface area (Å²) in [5, 5.41) is 0. The van der Waals surface area contributed by atoms with Crippen LogP contribution in [0.5, 0.6) is 0 Å². The van der Waals surface area contributed by atoms with Gasteiger partial charge in [0, 0.05) is 38.3 Å². The van der Waals surface area contributed by atoms with E-state index in [1.54, 1.807) is 0 Å². The van der Waals surface area contributed by atoms with Crippen LogP contribution in [0.25, 0.3) is 0 Å². The van der Waals surface area contributed by atoms with Gasteiger partial charge in [0.1, 0.15) is 0 Å². The normalized spacial score (nSPS) is 23.3. The predicted molar refractivity (Wildman–Crippen MR) is 94.8 cm³/mol. The van der Waals surface area contributed by atoms with E-state index < -0.39 is 10.0 Å². The molecule has 5 nitrogen and oxygen atoms in total. The molecule has 130 valence electrons. The molecule has 1 aromatic carbocycles. The lowest BCUT2D eigenvalue weighted by atomic mass is 9.96. The lowest BCUT2D eigenvalue weighted by Gasteiger charge is -2.41. The molecule has 1 aliphatic heterocycles. The van der Waals surface area contributed by atoms with Crippen LogP contribution in [0.4, 0.5) is 0 Å². The number of piperidine rings is 1. The van der Waals surface area contributed by atoms with Gasteiger partial charge in [-0.2, -0.15) is 0 Å². The van der Waals surface area contributed by atoms with Crippen LogP contribution in [0.1, 0.15) is 25.3 Å². The summed E-state index contributed by atoms with van der Waals surface area (Å²) < 4.78 is 24.8. The van der Waals surface area contributed by atoms with E-state index in [-0.39, 0.29) is 0 Å². The van der Waals surface area contributed by atoms with Crippen LogP contribution in [-0.2, 0) is 16.6 Å². The quantitative estimate of drug-likeness (QED) is 0.818. The topological polar surface area (TPSA) is 52.7 Å². The third-order valence-corrected chi connectivity index (χ3v) is 5.40. The summed E-state index contributed by atoms with van der Waals surface area (Å²) in [4.78, 5) is 4.82. The molecule has 1 fully saturated rings. The summed E-state index contributed by atoms with van der Waals surface area (Å²) in [6, 6.07) is 11.7. The van der Waals surface area contributed by atoms with E-state index in [1.165, 1.54) is 11.8 Å². The average molecular weight is 340 g/mol. The maximum absolute atomic E-state index is 11.1. The second kappa shape index (κ2) is 8.24. The van der Waals surface area contributed by atoms with Gasteiger partial charge in [-0.15, -0.1) is 0 Å². The molecular weight excluding hydrogens is 310 g/mol. The molecule has 0 amide bonds. The SMILES string of the molecule is C[C@H]1C[C@@H](N(C)CCNS(C)(=O)=O)CCN1Cc1ccccc1. The molecule has 1 N–H and O–H groups in total. The molecule has 2 atom stereocenters. The molecular formula is C17H29N3O2S. The van der Waals surface area contributed by atoms with Crippen molar-refractivity contribution in [3.63, 3.8) is 0 Å². The number of hydrogen-bond acceptors (Lipinski definition) is 4. The largest absolute Gasteiger partial charge is 0.302 e. The summed E-state index contributed by atoms with van der Waals surface area (Å²) in [5.74, 6) is 0. The zero-order valence-corrected chi connectivity index (χ0v) is 15.2. The van der Waals surface area contributed by atoms with E-state index in [0.29, 0.717) is 18.6 Å². The highest BCUT2D eigenvalue weighted by Gasteiger charge is 2.27. The summed E-state index contributed by atoms with van der Waals surface area (Å²) in [5.41, 5.74) is 1.36. The van der Waals surface area contributed by atoms with Crippen molar-refractivity contribution in [2.24, 2.45) is 0 Å². The van der Waals surface area contributed by atoms with Gasteiger partial charge in [0.05, 0.1) is 6.26 Å². The Morgan fingerprint density at radius 3 is 2.61 bits per heavy atom. The number of sulfonamides is 1. The molecule has 2 rings (SSSR count). The molecule has 6 heteroatoms. The van der Waals surface area contributed by atoms with E-state index in [9.17, 15) is 8.42 Å². The molecule has 0 spiro atoms. The van der Waals surface area contributed by atoms with Crippen molar-refractivity contribution in [1.29, 1.82) is 0 Å². The van der Waals surface area contributed by atoms with Gasteiger partial charge in [0.25, 0.3) is 0 Å². The second-order valence-corrected chi connectivity index (χ2v) is 8.46. The fraction of sp³-hybridized carbons (Fsp3) is 0.647. The predicted octanol–water partition coefficient (Wildman–Crippen LogP) is 1.52. The zero-order chi connectivity index (χ0) is 16.9. The van der Waals surface area contributed by atoms with Gasteiger partial charge in [0.15, 0.2) is 0 Å². The Morgan fingerprint density at radius 1 is 1.30 bits per heavy atom. The number of hydrogen-bond donors (Lipinski definition) is 1. The highest BCUT2D eigenvalue weighted by molar-refractivity contribution is 7.88. The summed E-state index contributed by atoms with van der Waals surface area (Å²) >= 11 is 0. The first-order valence-corrected chi connectivity index (χ1v) is 10.2. The number of rotatable bonds is 7. The van der Waals surface area contributed by atoms with Crippen molar-refractivity contribution in [3.05, 3.63) is 35.9 Å². The van der Waals surface area contributed by atoms with Gasteiger partial charge in [-0.25, -0.2) is 13.1 Å². The van der Waals surface area contributed by atoms with Crippen LogP contribution in [0, 0.1) is 0 Å². The first-order chi connectivity index (χ1) is 10.8. The molecule has 0 aliphatic carbocycles. The molecule has 1 aromatic rings. The van der Waals surface area contributed by atoms with Crippen LogP contribution < -0.4 is 4.72 Å². The zero-order valence-electron chi connectivity index (χ0n) is 14.4. The minimum Gasteiger partial charge on any atom is -0.302 e. The monoisotopic (exact) mass is 339 g/mol.